The van der Waals surface area contributed by atoms with Crippen LogP contribution in [0.5, 0.6) is 0 Å². The van der Waals surface area contributed by atoms with E-state index in [4.69, 9.17) is 10.00 Å². The van der Waals surface area contributed by atoms with Gasteiger partial charge in [0.1, 0.15) is 12.9 Å². The van der Waals surface area contributed by atoms with Gasteiger partial charge < -0.3 is 9.64 Å². The van der Waals surface area contributed by atoms with E-state index < -0.39 is 5.97 Å². The smallest absolute Gasteiger partial charge is 0.325 e. The summed E-state index contributed by atoms with van der Waals surface area (Å²) in [6, 6.07) is 19.2. The minimum Gasteiger partial charge on any atom is -0.468 e. The number of esters is 1. The molecule has 0 radical (unpaired) electrons. The number of benzene rings is 2. The van der Waals surface area contributed by atoms with E-state index in [2.05, 4.69) is 4.99 Å². The van der Waals surface area contributed by atoms with Crippen molar-refractivity contribution in [1.29, 1.82) is 5.26 Å². The first-order valence-electron chi connectivity index (χ1n) is 7.11. The van der Waals surface area contributed by atoms with Crippen LogP contribution in [0.1, 0.15) is 17.2 Å². The number of hydrogen-bond acceptors (Lipinski definition) is 4. The molecule has 0 N–H and O–H groups in total. The number of carbonyl (C=O) groups excluding carboxylic acids is 1. The lowest BCUT2D eigenvalue weighted by Crippen LogP contribution is -2.34. The summed E-state index contributed by atoms with van der Waals surface area (Å²) in [5.41, 5.74) is 1.99. The van der Waals surface area contributed by atoms with Gasteiger partial charge in [-0.3, -0.25) is 4.79 Å². The first-order chi connectivity index (χ1) is 11.3. The second-order valence-electron chi connectivity index (χ2n) is 4.82. The number of rotatable bonds is 6. The van der Waals surface area contributed by atoms with Crippen molar-refractivity contribution in [3.05, 3.63) is 71.8 Å². The van der Waals surface area contributed by atoms with E-state index in [1.165, 1.54) is 13.4 Å². The first kappa shape index (κ1) is 16.2. The van der Waals surface area contributed by atoms with Gasteiger partial charge >= 0.3 is 5.97 Å². The van der Waals surface area contributed by atoms with Gasteiger partial charge in [0.25, 0.3) is 0 Å². The highest BCUT2D eigenvalue weighted by molar-refractivity contribution is 5.75. The lowest BCUT2D eigenvalue weighted by molar-refractivity contribution is -0.141. The number of nitriles is 1. The number of hydrogen-bond donors (Lipinski definition) is 0. The SMILES string of the molecule is COC(=O)CN(C=NC#N)C(c1ccccc1)c1ccccc1. The van der Waals surface area contributed by atoms with E-state index >= 15 is 0 Å². The molecule has 2 aromatic carbocycles. The molecular weight excluding hydrogens is 290 g/mol. The van der Waals surface area contributed by atoms with Crippen LogP contribution in [0.15, 0.2) is 65.7 Å². The van der Waals surface area contributed by atoms with E-state index in [0.29, 0.717) is 0 Å². The van der Waals surface area contributed by atoms with Gasteiger partial charge in [0.15, 0.2) is 0 Å². The summed E-state index contributed by atoms with van der Waals surface area (Å²) >= 11 is 0. The predicted octanol–water partition coefficient (Wildman–Crippen LogP) is 2.76. The maximum absolute atomic E-state index is 11.7. The second kappa shape index (κ2) is 8.35. The fourth-order valence-electron chi connectivity index (χ4n) is 2.36. The van der Waals surface area contributed by atoms with Crippen molar-refractivity contribution in [2.45, 2.75) is 6.04 Å². The molecule has 0 aromatic heterocycles. The zero-order valence-electron chi connectivity index (χ0n) is 12.8. The zero-order chi connectivity index (χ0) is 16.5. The Morgan fingerprint density at radius 1 is 1.17 bits per heavy atom. The molecule has 0 bridgehead atoms. The standard InChI is InChI=1S/C18H17N3O2/c1-23-17(22)12-21(14-20-13-19)18(15-8-4-2-5-9-15)16-10-6-3-7-11-16/h2-11,14,18H,12H2,1H3. The molecule has 0 aliphatic carbocycles. The largest absolute Gasteiger partial charge is 0.468 e. The van der Waals surface area contributed by atoms with Crippen LogP contribution >= 0.6 is 0 Å². The molecule has 0 aliphatic heterocycles. The van der Waals surface area contributed by atoms with Crippen molar-refractivity contribution in [1.82, 2.24) is 4.90 Å². The van der Waals surface area contributed by atoms with Crippen molar-refractivity contribution in [2.75, 3.05) is 13.7 Å². The minimum absolute atomic E-state index is 0.00383. The first-order valence-corrected chi connectivity index (χ1v) is 7.11. The van der Waals surface area contributed by atoms with E-state index in [1.807, 2.05) is 60.7 Å². The van der Waals surface area contributed by atoms with Crippen LogP contribution in [0, 0.1) is 11.5 Å². The molecule has 2 aromatic rings. The van der Waals surface area contributed by atoms with E-state index in [9.17, 15) is 4.79 Å². The van der Waals surface area contributed by atoms with Crippen LogP contribution in [-0.4, -0.2) is 30.9 Å². The van der Waals surface area contributed by atoms with Crippen LogP contribution in [0.4, 0.5) is 0 Å². The molecule has 0 spiro atoms. The topological polar surface area (TPSA) is 65.7 Å². The lowest BCUT2D eigenvalue weighted by Gasteiger charge is -2.29. The molecule has 0 heterocycles. The lowest BCUT2D eigenvalue weighted by atomic mass is 9.97. The average Bonchev–Trinajstić information content (AvgIpc) is 2.61. The Morgan fingerprint density at radius 3 is 2.13 bits per heavy atom. The zero-order valence-corrected chi connectivity index (χ0v) is 12.8. The summed E-state index contributed by atoms with van der Waals surface area (Å²) in [6.45, 7) is -0.00383. The summed E-state index contributed by atoms with van der Waals surface area (Å²) in [6.07, 6.45) is 3.10. The maximum atomic E-state index is 11.7. The van der Waals surface area contributed by atoms with Crippen molar-refractivity contribution >= 4 is 12.3 Å². The Kier molecular flexibility index (Phi) is 5.89. The number of aliphatic imine (C=N–C) groups is 1. The third kappa shape index (κ3) is 4.42. The Labute approximate surface area is 135 Å². The molecule has 0 saturated carbocycles. The molecular formula is C18H17N3O2. The van der Waals surface area contributed by atoms with Gasteiger partial charge in [0, 0.05) is 0 Å². The molecule has 5 nitrogen and oxygen atoms in total. The third-order valence-corrected chi connectivity index (χ3v) is 3.37. The van der Waals surface area contributed by atoms with Gasteiger partial charge in [-0.25, -0.2) is 0 Å². The van der Waals surface area contributed by atoms with Gasteiger partial charge in [-0.2, -0.15) is 10.3 Å². The minimum atomic E-state index is -0.397. The predicted molar refractivity (Wildman–Crippen MR) is 87.6 cm³/mol. The molecule has 0 aliphatic rings. The molecule has 0 atom stereocenters. The summed E-state index contributed by atoms with van der Waals surface area (Å²) in [5, 5.41) is 8.74. The fourth-order valence-corrected chi connectivity index (χ4v) is 2.36. The van der Waals surface area contributed by atoms with E-state index in [-0.39, 0.29) is 12.6 Å². The summed E-state index contributed by atoms with van der Waals surface area (Å²) in [5.74, 6) is -0.397. The second-order valence-corrected chi connectivity index (χ2v) is 4.82. The van der Waals surface area contributed by atoms with E-state index in [1.54, 1.807) is 11.1 Å². The molecule has 0 amide bonds. The number of nitrogens with zero attached hydrogens (tertiary/aromatic N) is 3. The highest BCUT2D eigenvalue weighted by Gasteiger charge is 2.22. The van der Waals surface area contributed by atoms with Crippen molar-refractivity contribution in [3.63, 3.8) is 0 Å². The molecule has 116 valence electrons. The summed E-state index contributed by atoms with van der Waals surface area (Å²) < 4.78 is 4.76. The van der Waals surface area contributed by atoms with Gasteiger partial charge in [-0.05, 0) is 11.1 Å². The van der Waals surface area contributed by atoms with Crippen LogP contribution in [0.25, 0.3) is 0 Å². The van der Waals surface area contributed by atoms with Gasteiger partial charge in [0.2, 0.25) is 6.19 Å². The summed E-state index contributed by atoms with van der Waals surface area (Å²) in [7, 11) is 1.34. The number of carbonyl (C=O) groups is 1. The quantitative estimate of drug-likeness (QED) is 0.356. The van der Waals surface area contributed by atoms with E-state index in [0.717, 1.165) is 11.1 Å². The number of ether oxygens (including phenoxy) is 1. The van der Waals surface area contributed by atoms with Gasteiger partial charge in [-0.1, -0.05) is 60.7 Å². The Hall–Kier alpha value is -3.13. The van der Waals surface area contributed by atoms with Crippen LogP contribution < -0.4 is 0 Å². The molecule has 2 rings (SSSR count). The fraction of sp³-hybridized carbons (Fsp3) is 0.167. The number of methoxy groups -OCH3 is 1. The molecule has 0 fully saturated rings. The highest BCUT2D eigenvalue weighted by Crippen LogP contribution is 2.27. The molecule has 23 heavy (non-hydrogen) atoms. The normalized spacial score (nSPS) is 10.5. The maximum Gasteiger partial charge on any atom is 0.325 e. The summed E-state index contributed by atoms with van der Waals surface area (Å²) in [4.78, 5) is 17.1. The highest BCUT2D eigenvalue weighted by atomic mass is 16.5. The monoisotopic (exact) mass is 307 g/mol. The molecule has 0 saturated heterocycles. The Balaban J connectivity index is 2.46. The van der Waals surface area contributed by atoms with Gasteiger partial charge in [0.05, 0.1) is 13.2 Å². The van der Waals surface area contributed by atoms with Crippen molar-refractivity contribution < 1.29 is 9.53 Å². The van der Waals surface area contributed by atoms with Crippen molar-refractivity contribution in [2.24, 2.45) is 4.99 Å². The molecule has 5 heteroatoms. The van der Waals surface area contributed by atoms with Crippen LogP contribution in [0.2, 0.25) is 0 Å². The Bertz CT molecular complexity index is 654. The third-order valence-electron chi connectivity index (χ3n) is 3.37. The molecule has 0 unspecified atom stereocenters. The van der Waals surface area contributed by atoms with Crippen LogP contribution in [-0.2, 0) is 9.53 Å². The van der Waals surface area contributed by atoms with Crippen molar-refractivity contribution in [3.8, 4) is 6.19 Å². The Morgan fingerprint density at radius 2 is 1.70 bits per heavy atom. The van der Waals surface area contributed by atoms with Crippen LogP contribution in [0.3, 0.4) is 0 Å². The average molecular weight is 307 g/mol. The van der Waals surface area contributed by atoms with Gasteiger partial charge in [-0.15, -0.1) is 0 Å².